The summed E-state index contributed by atoms with van der Waals surface area (Å²) >= 11 is 0. The van der Waals surface area contributed by atoms with Crippen LogP contribution in [0.25, 0.3) is 0 Å². The number of ether oxygens (including phenoxy) is 1. The molecule has 3 N–H and O–H groups in total. The maximum Gasteiger partial charge on any atom is 0.344 e. The number of hydrogen-bond acceptors (Lipinski definition) is 4. The van der Waals surface area contributed by atoms with Gasteiger partial charge in [-0.25, -0.2) is 4.79 Å². The van der Waals surface area contributed by atoms with Crippen LogP contribution in [-0.4, -0.2) is 48.6 Å². The first-order valence-corrected chi connectivity index (χ1v) is 10.4. The van der Waals surface area contributed by atoms with E-state index in [-0.39, 0.29) is 18.4 Å². The lowest BCUT2D eigenvalue weighted by Gasteiger charge is -2.33. The first kappa shape index (κ1) is 21.8. The number of amides is 4. The maximum absolute atomic E-state index is 12.8. The normalized spacial score (nSPS) is 24.5. The summed E-state index contributed by atoms with van der Waals surface area (Å²) in [4.78, 5) is 38.5. The molecule has 8 nitrogen and oxygen atoms in total. The third-order valence-corrected chi connectivity index (χ3v) is 5.79. The Hall–Kier alpha value is -2.87. The van der Waals surface area contributed by atoms with Crippen LogP contribution in [0.2, 0.25) is 0 Å². The summed E-state index contributed by atoms with van der Waals surface area (Å²) < 4.78 is 5.46. The molecule has 1 aromatic carbocycles. The molecule has 0 aromatic heterocycles. The number of likely N-dealkylation sites (N-methyl/N-ethyl adjacent to an activating group) is 1. The van der Waals surface area contributed by atoms with Crippen molar-refractivity contribution in [1.82, 2.24) is 15.8 Å². The van der Waals surface area contributed by atoms with Crippen LogP contribution < -0.4 is 20.4 Å². The quantitative estimate of drug-likeness (QED) is 0.433. The molecule has 1 aliphatic heterocycles. The summed E-state index contributed by atoms with van der Waals surface area (Å²) in [5, 5.41) is 3.66. The number of nitrogens with zero attached hydrogens (tertiary/aromatic N) is 1. The third kappa shape index (κ3) is 4.99. The molecule has 162 valence electrons. The van der Waals surface area contributed by atoms with E-state index in [4.69, 9.17) is 4.74 Å². The fraction of sp³-hybridized carbons (Fsp3) is 0.500. The van der Waals surface area contributed by atoms with Gasteiger partial charge in [0, 0.05) is 5.56 Å². The first-order valence-electron chi connectivity index (χ1n) is 10.4. The minimum atomic E-state index is -0.856. The molecule has 1 heterocycles. The molecule has 1 saturated heterocycles. The molecule has 1 unspecified atom stereocenters. The minimum Gasteiger partial charge on any atom is -0.490 e. The van der Waals surface area contributed by atoms with Crippen molar-refractivity contribution in [2.45, 2.75) is 44.7 Å². The second-order valence-corrected chi connectivity index (χ2v) is 8.42. The van der Waals surface area contributed by atoms with Gasteiger partial charge in [0.2, 0.25) is 0 Å². The number of rotatable bonds is 8. The second-order valence-electron chi connectivity index (χ2n) is 8.42. The van der Waals surface area contributed by atoms with E-state index in [0.717, 1.165) is 34.1 Å². The number of benzene rings is 1. The van der Waals surface area contributed by atoms with Gasteiger partial charge in [-0.3, -0.25) is 15.0 Å². The van der Waals surface area contributed by atoms with Crippen molar-refractivity contribution < 1.29 is 24.0 Å². The van der Waals surface area contributed by atoms with E-state index in [1.54, 1.807) is 6.08 Å². The Balaban J connectivity index is 1.50. The summed E-state index contributed by atoms with van der Waals surface area (Å²) in [6.07, 6.45) is 4.69. The largest absolute Gasteiger partial charge is 0.490 e. The molecule has 4 amide bonds. The van der Waals surface area contributed by atoms with Gasteiger partial charge in [-0.1, -0.05) is 19.6 Å². The lowest BCUT2D eigenvalue weighted by atomic mass is 9.77. The molecule has 8 heteroatoms. The molecular weight excluding hydrogens is 384 g/mol. The fourth-order valence-corrected chi connectivity index (χ4v) is 4.02. The smallest absolute Gasteiger partial charge is 0.344 e. The Morgan fingerprint density at radius 1 is 1.33 bits per heavy atom. The average Bonchev–Trinajstić information content (AvgIpc) is 2.94. The summed E-state index contributed by atoms with van der Waals surface area (Å²) in [7, 11) is 1.89. The van der Waals surface area contributed by atoms with E-state index in [1.807, 2.05) is 31.3 Å². The third-order valence-electron chi connectivity index (χ3n) is 5.79. The number of carbonyl (C=O) groups excluding carboxylic acids is 3. The molecule has 2 aliphatic rings. The zero-order chi connectivity index (χ0) is 21.7. The predicted octanol–water partition coefficient (Wildman–Crippen LogP) is 0.798. The van der Waals surface area contributed by atoms with Crippen LogP contribution in [0.3, 0.4) is 0 Å². The molecule has 1 atom stereocenters. The number of quaternary nitrogens is 1. The van der Waals surface area contributed by atoms with Gasteiger partial charge in [0.25, 0.3) is 11.8 Å². The number of imide groups is 1. The molecule has 1 aliphatic carbocycles. The highest BCUT2D eigenvalue weighted by Gasteiger charge is 2.52. The first-order chi connectivity index (χ1) is 14.3. The van der Waals surface area contributed by atoms with Gasteiger partial charge in [0.15, 0.2) is 6.54 Å². The molecular formula is C22H31N4O4+. The Morgan fingerprint density at radius 3 is 2.63 bits per heavy atom. The van der Waals surface area contributed by atoms with Gasteiger partial charge >= 0.3 is 6.03 Å². The maximum atomic E-state index is 12.8. The summed E-state index contributed by atoms with van der Waals surface area (Å²) in [6.45, 7) is 6.97. The van der Waals surface area contributed by atoms with Crippen molar-refractivity contribution in [1.29, 1.82) is 0 Å². The van der Waals surface area contributed by atoms with Crippen LogP contribution in [0.1, 0.15) is 38.2 Å². The van der Waals surface area contributed by atoms with Gasteiger partial charge in [-0.05, 0) is 55.9 Å². The standard InChI is InChI=1S/C22H30N4O4/c1-4-13-30-18-7-5-17(6-8-18)14-25(3)15-19(27)24-26-20(28)22(23-21(26)29)11-9-16(2)10-12-22/h4-8,16H,1,9-15H2,2-3H3,(H,23,29)(H,24,27)/p+1. The lowest BCUT2D eigenvalue weighted by Crippen LogP contribution is -3.09. The highest BCUT2D eigenvalue weighted by atomic mass is 16.5. The van der Waals surface area contributed by atoms with Crippen molar-refractivity contribution >= 4 is 17.8 Å². The number of nitrogens with one attached hydrogen (secondary N) is 3. The zero-order valence-corrected chi connectivity index (χ0v) is 17.7. The Morgan fingerprint density at radius 2 is 2.00 bits per heavy atom. The summed E-state index contributed by atoms with van der Waals surface area (Å²) in [6, 6.07) is 7.11. The van der Waals surface area contributed by atoms with Gasteiger partial charge in [-0.15, -0.1) is 0 Å². The van der Waals surface area contributed by atoms with E-state index >= 15 is 0 Å². The van der Waals surface area contributed by atoms with Gasteiger partial charge in [0.05, 0.1) is 7.05 Å². The topological polar surface area (TPSA) is 92.2 Å². The van der Waals surface area contributed by atoms with Crippen molar-refractivity contribution in [2.24, 2.45) is 5.92 Å². The van der Waals surface area contributed by atoms with Gasteiger partial charge < -0.3 is 15.0 Å². The van der Waals surface area contributed by atoms with Crippen molar-refractivity contribution in [2.75, 3.05) is 20.2 Å². The summed E-state index contributed by atoms with van der Waals surface area (Å²) in [5.41, 5.74) is 2.69. The predicted molar refractivity (Wildman–Crippen MR) is 111 cm³/mol. The van der Waals surface area contributed by atoms with Crippen LogP contribution >= 0.6 is 0 Å². The highest BCUT2D eigenvalue weighted by Crippen LogP contribution is 2.35. The number of urea groups is 1. The highest BCUT2D eigenvalue weighted by molar-refractivity contribution is 6.08. The summed E-state index contributed by atoms with van der Waals surface area (Å²) in [5.74, 6) is 0.589. The molecule has 1 spiro atoms. The Bertz CT molecular complexity index is 800. The van der Waals surface area contributed by atoms with Gasteiger partial charge in [0.1, 0.15) is 24.4 Å². The average molecular weight is 416 g/mol. The van der Waals surface area contributed by atoms with E-state index < -0.39 is 11.6 Å². The lowest BCUT2D eigenvalue weighted by molar-refractivity contribution is -0.885. The second kappa shape index (κ2) is 9.30. The Kier molecular flexibility index (Phi) is 6.77. The van der Waals surface area contributed by atoms with Crippen LogP contribution in [0.4, 0.5) is 4.79 Å². The number of hydrogen-bond donors (Lipinski definition) is 3. The van der Waals surface area contributed by atoms with E-state index in [0.29, 0.717) is 31.9 Å². The molecule has 3 rings (SSSR count). The van der Waals surface area contributed by atoms with Gasteiger partial charge in [-0.2, -0.15) is 5.01 Å². The molecule has 2 fully saturated rings. The molecule has 1 aromatic rings. The van der Waals surface area contributed by atoms with Crippen LogP contribution in [0, 0.1) is 5.92 Å². The zero-order valence-electron chi connectivity index (χ0n) is 17.7. The van der Waals surface area contributed by atoms with Crippen LogP contribution in [0.5, 0.6) is 5.75 Å². The number of hydrazine groups is 1. The van der Waals surface area contributed by atoms with Crippen LogP contribution in [0.15, 0.2) is 36.9 Å². The van der Waals surface area contributed by atoms with E-state index in [1.165, 1.54) is 0 Å². The van der Waals surface area contributed by atoms with Crippen molar-refractivity contribution in [3.8, 4) is 5.75 Å². The number of carbonyl (C=O) groups is 3. The molecule has 0 bridgehead atoms. The van der Waals surface area contributed by atoms with Crippen molar-refractivity contribution in [3.63, 3.8) is 0 Å². The minimum absolute atomic E-state index is 0.135. The van der Waals surface area contributed by atoms with E-state index in [9.17, 15) is 14.4 Å². The molecule has 30 heavy (non-hydrogen) atoms. The SMILES string of the molecule is C=CCOc1ccc(C[NH+](C)CC(=O)NN2C(=O)NC3(CCC(C)CC3)C2=O)cc1. The van der Waals surface area contributed by atoms with Crippen molar-refractivity contribution in [3.05, 3.63) is 42.5 Å². The molecule has 0 radical (unpaired) electrons. The fourth-order valence-electron chi connectivity index (χ4n) is 4.02. The molecule has 1 saturated carbocycles. The van der Waals surface area contributed by atoms with Crippen LogP contribution in [-0.2, 0) is 16.1 Å². The van der Waals surface area contributed by atoms with E-state index in [2.05, 4.69) is 24.2 Å². The Labute approximate surface area is 177 Å². The monoisotopic (exact) mass is 415 g/mol.